The minimum atomic E-state index is 0.623. The second kappa shape index (κ2) is 5.71. The molecule has 3 heteroatoms. The lowest BCUT2D eigenvalue weighted by Crippen LogP contribution is -2.21. The van der Waals surface area contributed by atoms with Crippen LogP contribution < -0.4 is 10.1 Å². The van der Waals surface area contributed by atoms with Gasteiger partial charge in [0.1, 0.15) is 5.75 Å². The Bertz CT molecular complexity index is 390. The zero-order chi connectivity index (χ0) is 12.1. The monoisotopic (exact) mass is 232 g/mol. The first-order valence-corrected chi connectivity index (χ1v) is 6.20. The summed E-state index contributed by atoms with van der Waals surface area (Å²) in [4.78, 5) is 4.14. The molecule has 0 radical (unpaired) electrons. The van der Waals surface area contributed by atoms with Gasteiger partial charge in [0.15, 0.2) is 0 Å². The molecule has 3 nitrogen and oxygen atoms in total. The fourth-order valence-electron chi connectivity index (χ4n) is 2.08. The molecule has 0 aliphatic heterocycles. The third-order valence-corrected chi connectivity index (χ3v) is 3.38. The van der Waals surface area contributed by atoms with Crippen LogP contribution >= 0.6 is 0 Å². The molecule has 0 fully saturated rings. The van der Waals surface area contributed by atoms with Crippen molar-refractivity contribution in [2.45, 2.75) is 19.8 Å². The summed E-state index contributed by atoms with van der Waals surface area (Å²) in [5.74, 6) is 2.18. The van der Waals surface area contributed by atoms with Crippen LogP contribution in [0.1, 0.15) is 19.8 Å². The van der Waals surface area contributed by atoms with Gasteiger partial charge in [0.05, 0.1) is 24.7 Å². The number of aromatic nitrogens is 1. The normalized spacial score (nSPS) is 23.4. The summed E-state index contributed by atoms with van der Waals surface area (Å²) in [5.41, 5.74) is 0.985. The van der Waals surface area contributed by atoms with E-state index in [0.717, 1.165) is 24.5 Å². The quantitative estimate of drug-likeness (QED) is 0.810. The van der Waals surface area contributed by atoms with Crippen molar-refractivity contribution in [1.82, 2.24) is 4.98 Å². The lowest BCUT2D eigenvalue weighted by Gasteiger charge is -2.25. The average Bonchev–Trinajstić information content (AvgIpc) is 2.38. The van der Waals surface area contributed by atoms with Gasteiger partial charge >= 0.3 is 0 Å². The first-order valence-electron chi connectivity index (χ1n) is 6.20. The highest BCUT2D eigenvalue weighted by molar-refractivity contribution is 5.44. The van der Waals surface area contributed by atoms with Crippen LogP contribution in [0.3, 0.4) is 0 Å². The van der Waals surface area contributed by atoms with Gasteiger partial charge in [-0.3, -0.25) is 4.98 Å². The molecule has 1 heterocycles. The van der Waals surface area contributed by atoms with Crippen molar-refractivity contribution in [1.29, 1.82) is 0 Å². The molecule has 2 atom stereocenters. The molecule has 1 N–H and O–H groups in total. The second-order valence-electron chi connectivity index (χ2n) is 4.65. The van der Waals surface area contributed by atoms with E-state index in [9.17, 15) is 0 Å². The van der Waals surface area contributed by atoms with Crippen molar-refractivity contribution >= 4 is 5.69 Å². The van der Waals surface area contributed by atoms with Crippen LogP contribution in [0.4, 0.5) is 5.69 Å². The number of rotatable bonds is 4. The van der Waals surface area contributed by atoms with Crippen molar-refractivity contribution in [3.8, 4) is 5.75 Å². The van der Waals surface area contributed by atoms with Crippen LogP contribution in [0, 0.1) is 11.8 Å². The molecule has 0 amide bonds. The first-order chi connectivity index (χ1) is 8.29. The Morgan fingerprint density at radius 3 is 2.94 bits per heavy atom. The van der Waals surface area contributed by atoms with E-state index in [1.165, 1.54) is 6.42 Å². The first kappa shape index (κ1) is 12.0. The maximum absolute atomic E-state index is 5.82. The van der Waals surface area contributed by atoms with E-state index in [2.05, 4.69) is 29.4 Å². The molecule has 0 spiro atoms. The zero-order valence-electron chi connectivity index (χ0n) is 10.5. The fraction of sp³-hybridized carbons (Fsp3) is 0.500. The van der Waals surface area contributed by atoms with Gasteiger partial charge < -0.3 is 10.1 Å². The third-order valence-electron chi connectivity index (χ3n) is 3.38. The van der Waals surface area contributed by atoms with Crippen LogP contribution in [-0.2, 0) is 0 Å². The number of nitrogens with zero attached hydrogens (tertiary/aromatic N) is 1. The van der Waals surface area contributed by atoms with E-state index in [1.807, 2.05) is 13.1 Å². The molecule has 92 valence electrons. The predicted octanol–water partition coefficient (Wildman–Crippen LogP) is 3.10. The Hall–Kier alpha value is -1.51. The second-order valence-corrected chi connectivity index (χ2v) is 4.65. The summed E-state index contributed by atoms with van der Waals surface area (Å²) < 4.78 is 5.82. The number of pyridine rings is 1. The molecule has 1 aromatic rings. The van der Waals surface area contributed by atoms with Gasteiger partial charge in [-0.05, 0) is 24.7 Å². The van der Waals surface area contributed by atoms with Gasteiger partial charge in [-0.2, -0.15) is 0 Å². The average molecular weight is 232 g/mol. The number of nitrogens with one attached hydrogen (secondary N) is 1. The van der Waals surface area contributed by atoms with Crippen LogP contribution in [0.15, 0.2) is 30.6 Å². The molecule has 0 saturated heterocycles. The number of ether oxygens (including phenoxy) is 1. The van der Waals surface area contributed by atoms with Crippen LogP contribution in [-0.4, -0.2) is 18.6 Å². The van der Waals surface area contributed by atoms with Crippen LogP contribution in [0.5, 0.6) is 5.75 Å². The Labute approximate surface area is 103 Å². The number of allylic oxidation sites excluding steroid dienone is 2. The van der Waals surface area contributed by atoms with Gasteiger partial charge in [0.25, 0.3) is 0 Å². The van der Waals surface area contributed by atoms with Crippen molar-refractivity contribution in [2.75, 3.05) is 19.0 Å². The molecule has 0 bridgehead atoms. The molecule has 0 aromatic carbocycles. The maximum atomic E-state index is 5.82. The summed E-state index contributed by atoms with van der Waals surface area (Å²) in [6.07, 6.45) is 10.4. The molecule has 2 rings (SSSR count). The largest absolute Gasteiger partial charge is 0.492 e. The Morgan fingerprint density at radius 2 is 2.18 bits per heavy atom. The number of hydrogen-bond acceptors (Lipinski definition) is 3. The highest BCUT2D eigenvalue weighted by Crippen LogP contribution is 2.26. The predicted molar refractivity (Wildman–Crippen MR) is 70.3 cm³/mol. The van der Waals surface area contributed by atoms with E-state index in [4.69, 9.17) is 4.74 Å². The molecule has 2 unspecified atom stereocenters. The fourth-order valence-corrected chi connectivity index (χ4v) is 2.08. The molecule has 17 heavy (non-hydrogen) atoms. The summed E-state index contributed by atoms with van der Waals surface area (Å²) in [6.45, 7) is 3.07. The summed E-state index contributed by atoms with van der Waals surface area (Å²) in [7, 11) is 1.88. The van der Waals surface area contributed by atoms with Crippen molar-refractivity contribution in [3.05, 3.63) is 30.6 Å². The highest BCUT2D eigenvalue weighted by Gasteiger charge is 2.18. The van der Waals surface area contributed by atoms with Gasteiger partial charge in [-0.1, -0.05) is 19.1 Å². The summed E-state index contributed by atoms with van der Waals surface area (Å²) in [5, 5.41) is 3.06. The Balaban J connectivity index is 1.90. The third kappa shape index (κ3) is 3.22. The van der Waals surface area contributed by atoms with Gasteiger partial charge in [-0.15, -0.1) is 0 Å². The Morgan fingerprint density at radius 1 is 1.35 bits per heavy atom. The maximum Gasteiger partial charge on any atom is 0.139 e. The zero-order valence-corrected chi connectivity index (χ0v) is 10.5. The van der Waals surface area contributed by atoms with E-state index in [0.29, 0.717) is 11.8 Å². The van der Waals surface area contributed by atoms with Gasteiger partial charge in [0, 0.05) is 13.1 Å². The van der Waals surface area contributed by atoms with Crippen molar-refractivity contribution in [3.63, 3.8) is 0 Å². The van der Waals surface area contributed by atoms with Crippen LogP contribution in [0.2, 0.25) is 0 Å². The standard InChI is InChI=1S/C14H20N2O/c1-11-5-3-4-6-12(11)10-17-14-7-13(15-2)8-16-9-14/h3-4,7-9,11-12,15H,5-6,10H2,1-2H3. The SMILES string of the molecule is CNc1cncc(OCC2CC=CCC2C)c1. The number of anilines is 1. The lowest BCUT2D eigenvalue weighted by atomic mass is 9.85. The molecule has 1 aliphatic carbocycles. The summed E-state index contributed by atoms with van der Waals surface area (Å²) >= 11 is 0. The smallest absolute Gasteiger partial charge is 0.139 e. The molecule has 1 aromatic heterocycles. The van der Waals surface area contributed by atoms with Crippen molar-refractivity contribution < 1.29 is 4.74 Å². The molecule has 1 aliphatic rings. The topological polar surface area (TPSA) is 34.2 Å². The van der Waals surface area contributed by atoms with E-state index in [-0.39, 0.29) is 0 Å². The van der Waals surface area contributed by atoms with E-state index < -0.39 is 0 Å². The Kier molecular flexibility index (Phi) is 4.02. The minimum absolute atomic E-state index is 0.623. The van der Waals surface area contributed by atoms with Crippen LogP contribution in [0.25, 0.3) is 0 Å². The summed E-state index contributed by atoms with van der Waals surface area (Å²) in [6, 6.07) is 1.98. The highest BCUT2D eigenvalue weighted by atomic mass is 16.5. The minimum Gasteiger partial charge on any atom is -0.492 e. The molecular formula is C14H20N2O. The molecular weight excluding hydrogens is 212 g/mol. The van der Waals surface area contributed by atoms with E-state index in [1.54, 1.807) is 12.4 Å². The van der Waals surface area contributed by atoms with Crippen molar-refractivity contribution in [2.24, 2.45) is 11.8 Å². The van der Waals surface area contributed by atoms with Gasteiger partial charge in [0.2, 0.25) is 0 Å². The lowest BCUT2D eigenvalue weighted by molar-refractivity contribution is 0.198. The van der Waals surface area contributed by atoms with E-state index >= 15 is 0 Å². The molecule has 0 saturated carbocycles. The number of hydrogen-bond donors (Lipinski definition) is 1. The van der Waals surface area contributed by atoms with Gasteiger partial charge in [-0.25, -0.2) is 0 Å².